The highest BCUT2D eigenvalue weighted by Crippen LogP contribution is 2.42. The zero-order valence-electron chi connectivity index (χ0n) is 7.86. The quantitative estimate of drug-likeness (QED) is 0.633. The molecule has 2 atom stereocenters. The van der Waals surface area contributed by atoms with Crippen LogP contribution < -0.4 is 0 Å². The van der Waals surface area contributed by atoms with Gasteiger partial charge >= 0.3 is 0 Å². The molecule has 0 bridgehead atoms. The van der Waals surface area contributed by atoms with E-state index >= 15 is 0 Å². The summed E-state index contributed by atoms with van der Waals surface area (Å²) in [6.07, 6.45) is 4.45. The van der Waals surface area contributed by atoms with Gasteiger partial charge in [0.15, 0.2) is 11.5 Å². The van der Waals surface area contributed by atoms with Gasteiger partial charge in [0.25, 0.3) is 0 Å². The van der Waals surface area contributed by atoms with Gasteiger partial charge in [0, 0.05) is 18.6 Å². The molecule has 14 heavy (non-hydrogen) atoms. The Labute approximate surface area is 82.0 Å². The molecule has 3 rings (SSSR count). The van der Waals surface area contributed by atoms with E-state index in [1.807, 2.05) is 6.07 Å². The highest BCUT2D eigenvalue weighted by atomic mass is 16.5. The monoisotopic (exact) mass is 192 g/mol. The maximum atomic E-state index is 11.7. The zero-order chi connectivity index (χ0) is 9.54. The Morgan fingerprint density at radius 1 is 1.43 bits per heavy atom. The molecular formula is C11H12O3. The lowest BCUT2D eigenvalue weighted by Crippen LogP contribution is -2.29. The van der Waals surface area contributed by atoms with Gasteiger partial charge < -0.3 is 9.15 Å². The van der Waals surface area contributed by atoms with Crippen LogP contribution in [0.25, 0.3) is 0 Å². The van der Waals surface area contributed by atoms with Crippen molar-refractivity contribution < 1.29 is 13.9 Å². The average molecular weight is 192 g/mol. The Hall–Kier alpha value is -1.09. The summed E-state index contributed by atoms with van der Waals surface area (Å²) in [5.41, 5.74) is 0.964. The number of ketones is 1. The van der Waals surface area contributed by atoms with Gasteiger partial charge in [-0.1, -0.05) is 0 Å². The fourth-order valence-corrected chi connectivity index (χ4v) is 2.50. The smallest absolute Gasteiger partial charge is 0.198 e. The molecule has 0 spiro atoms. The second-order valence-electron chi connectivity index (χ2n) is 4.03. The summed E-state index contributed by atoms with van der Waals surface area (Å²) in [5.74, 6) is 1.03. The number of hydrogen-bond donors (Lipinski definition) is 0. The molecule has 1 fully saturated rings. The van der Waals surface area contributed by atoms with Gasteiger partial charge in [-0.25, -0.2) is 0 Å². The molecule has 3 nitrogen and oxygen atoms in total. The Morgan fingerprint density at radius 2 is 2.36 bits per heavy atom. The molecule has 0 saturated carbocycles. The van der Waals surface area contributed by atoms with Gasteiger partial charge in [-0.05, 0) is 24.8 Å². The SMILES string of the molecule is O=C1C[C@H]2CCCO[C@H]2c2ccoc21. The lowest BCUT2D eigenvalue weighted by molar-refractivity contribution is -0.0339. The molecule has 3 heteroatoms. The second kappa shape index (κ2) is 2.95. The van der Waals surface area contributed by atoms with Crippen LogP contribution >= 0.6 is 0 Å². The van der Waals surface area contributed by atoms with E-state index in [-0.39, 0.29) is 11.9 Å². The van der Waals surface area contributed by atoms with E-state index in [1.54, 1.807) is 6.26 Å². The number of Topliss-reactive ketones (excluding diaryl/α,β-unsaturated/α-hetero) is 1. The summed E-state index contributed by atoms with van der Waals surface area (Å²) < 4.78 is 10.9. The van der Waals surface area contributed by atoms with Crippen LogP contribution in [0, 0.1) is 5.92 Å². The van der Waals surface area contributed by atoms with Crippen molar-refractivity contribution in [2.45, 2.75) is 25.4 Å². The number of carbonyl (C=O) groups excluding carboxylic acids is 1. The van der Waals surface area contributed by atoms with E-state index in [0.29, 0.717) is 18.1 Å². The number of carbonyl (C=O) groups is 1. The number of ether oxygens (including phenoxy) is 1. The highest BCUT2D eigenvalue weighted by Gasteiger charge is 2.38. The molecule has 0 aromatic carbocycles. The van der Waals surface area contributed by atoms with E-state index in [9.17, 15) is 4.79 Å². The molecule has 2 aliphatic rings. The molecule has 1 saturated heterocycles. The van der Waals surface area contributed by atoms with Crippen molar-refractivity contribution in [3.05, 3.63) is 23.7 Å². The molecule has 0 amide bonds. The highest BCUT2D eigenvalue weighted by molar-refractivity contribution is 5.96. The van der Waals surface area contributed by atoms with Crippen LogP contribution in [0.15, 0.2) is 16.7 Å². The van der Waals surface area contributed by atoms with Crippen LogP contribution in [-0.4, -0.2) is 12.4 Å². The van der Waals surface area contributed by atoms with Crippen molar-refractivity contribution in [2.24, 2.45) is 5.92 Å². The van der Waals surface area contributed by atoms with Gasteiger partial charge in [-0.2, -0.15) is 0 Å². The predicted octanol–water partition coefficient (Wildman–Crippen LogP) is 2.33. The molecule has 0 N–H and O–H groups in total. The molecule has 1 aromatic rings. The Balaban J connectivity index is 2.04. The molecule has 0 unspecified atom stereocenters. The van der Waals surface area contributed by atoms with Crippen molar-refractivity contribution in [2.75, 3.05) is 6.61 Å². The molecule has 1 aromatic heterocycles. The fraction of sp³-hybridized carbons (Fsp3) is 0.545. The average Bonchev–Trinajstić information content (AvgIpc) is 2.67. The van der Waals surface area contributed by atoms with Crippen molar-refractivity contribution in [3.63, 3.8) is 0 Å². The maximum Gasteiger partial charge on any atom is 0.198 e. The van der Waals surface area contributed by atoms with Crippen LogP contribution in [-0.2, 0) is 4.74 Å². The Bertz CT molecular complexity index is 366. The first-order chi connectivity index (χ1) is 6.86. The van der Waals surface area contributed by atoms with Gasteiger partial charge in [0.1, 0.15) is 0 Å². The predicted molar refractivity (Wildman–Crippen MR) is 49.1 cm³/mol. The van der Waals surface area contributed by atoms with E-state index in [2.05, 4.69) is 0 Å². The van der Waals surface area contributed by atoms with E-state index in [4.69, 9.17) is 9.15 Å². The van der Waals surface area contributed by atoms with Crippen LogP contribution in [0.5, 0.6) is 0 Å². The van der Waals surface area contributed by atoms with Crippen molar-refractivity contribution in [3.8, 4) is 0 Å². The summed E-state index contributed by atoms with van der Waals surface area (Å²) in [6.45, 7) is 0.806. The molecule has 74 valence electrons. The normalized spacial score (nSPS) is 31.0. The molecule has 0 radical (unpaired) electrons. The third-order valence-electron chi connectivity index (χ3n) is 3.15. The fourth-order valence-electron chi connectivity index (χ4n) is 2.50. The minimum atomic E-state index is 0.107. The molecule has 1 aliphatic carbocycles. The summed E-state index contributed by atoms with van der Waals surface area (Å²) in [4.78, 5) is 11.7. The van der Waals surface area contributed by atoms with E-state index in [0.717, 1.165) is 25.0 Å². The number of furan rings is 1. The van der Waals surface area contributed by atoms with Crippen LogP contribution in [0.3, 0.4) is 0 Å². The third-order valence-corrected chi connectivity index (χ3v) is 3.15. The first-order valence-corrected chi connectivity index (χ1v) is 5.08. The van der Waals surface area contributed by atoms with Gasteiger partial charge in [0.2, 0.25) is 0 Å². The summed E-state index contributed by atoms with van der Waals surface area (Å²) in [5, 5.41) is 0. The largest absolute Gasteiger partial charge is 0.461 e. The maximum absolute atomic E-state index is 11.7. The minimum absolute atomic E-state index is 0.107. The van der Waals surface area contributed by atoms with Crippen molar-refractivity contribution >= 4 is 5.78 Å². The summed E-state index contributed by atoms with van der Waals surface area (Å²) >= 11 is 0. The first-order valence-electron chi connectivity index (χ1n) is 5.08. The number of hydrogen-bond acceptors (Lipinski definition) is 3. The standard InChI is InChI=1S/C11H12O3/c12-9-6-7-2-1-4-13-10(7)8-3-5-14-11(8)9/h3,5,7,10H,1-2,4,6H2/t7-,10-/m1/s1. The van der Waals surface area contributed by atoms with Gasteiger partial charge in [-0.3, -0.25) is 4.79 Å². The summed E-state index contributed by atoms with van der Waals surface area (Å²) in [7, 11) is 0. The van der Waals surface area contributed by atoms with E-state index < -0.39 is 0 Å². The van der Waals surface area contributed by atoms with Crippen molar-refractivity contribution in [1.29, 1.82) is 0 Å². The van der Waals surface area contributed by atoms with Gasteiger partial charge in [-0.15, -0.1) is 0 Å². The lowest BCUT2D eigenvalue weighted by Gasteiger charge is -2.33. The number of rotatable bonds is 0. The first kappa shape index (κ1) is 8.24. The van der Waals surface area contributed by atoms with Crippen LogP contribution in [0.1, 0.15) is 41.5 Å². The Kier molecular flexibility index (Phi) is 1.74. The molecule has 1 aliphatic heterocycles. The van der Waals surface area contributed by atoms with E-state index in [1.165, 1.54) is 0 Å². The topological polar surface area (TPSA) is 39.4 Å². The summed E-state index contributed by atoms with van der Waals surface area (Å²) in [6, 6.07) is 1.87. The lowest BCUT2D eigenvalue weighted by atomic mass is 9.80. The second-order valence-corrected chi connectivity index (χ2v) is 4.03. The third kappa shape index (κ3) is 1.05. The molecular weight excluding hydrogens is 180 g/mol. The Morgan fingerprint density at radius 3 is 3.29 bits per heavy atom. The van der Waals surface area contributed by atoms with Gasteiger partial charge in [0.05, 0.1) is 12.4 Å². The zero-order valence-corrected chi connectivity index (χ0v) is 7.86. The van der Waals surface area contributed by atoms with Crippen molar-refractivity contribution in [1.82, 2.24) is 0 Å². The minimum Gasteiger partial charge on any atom is -0.461 e. The molecule has 2 heterocycles. The van der Waals surface area contributed by atoms with Crippen LogP contribution in [0.4, 0.5) is 0 Å². The number of fused-ring (bicyclic) bond motifs is 3. The van der Waals surface area contributed by atoms with Crippen LogP contribution in [0.2, 0.25) is 0 Å².